The summed E-state index contributed by atoms with van der Waals surface area (Å²) >= 11 is 0. The van der Waals surface area contributed by atoms with Gasteiger partial charge in [-0.25, -0.2) is 0 Å². The Hall–Kier alpha value is -3.88. The number of carbonyl (C=O) groups excluding carboxylic acids is 3. The molecule has 0 aromatic heterocycles. The molecule has 1 saturated carbocycles. The van der Waals surface area contributed by atoms with Gasteiger partial charge in [-0.05, 0) is 74.6 Å². The summed E-state index contributed by atoms with van der Waals surface area (Å²) in [7, 11) is 0. The number of aryl methyl sites for hydroxylation is 1. The minimum absolute atomic E-state index is 0.00539. The second-order valence-corrected chi connectivity index (χ2v) is 9.12. The van der Waals surface area contributed by atoms with Crippen molar-refractivity contribution < 1.29 is 24.2 Å². The van der Waals surface area contributed by atoms with Gasteiger partial charge in [0.2, 0.25) is 5.91 Å². The van der Waals surface area contributed by atoms with Crippen LogP contribution in [0.25, 0.3) is 0 Å². The Morgan fingerprint density at radius 1 is 1.14 bits per heavy atom. The van der Waals surface area contributed by atoms with Crippen LogP contribution in [0.4, 0.5) is 5.69 Å². The SMILES string of the molecule is CCOC(=O)CC(C(=O)Nc1ccc(C(=O)NCc2cc(C(=N)N)ccc2O)cc1C)C1CCCC1. The normalized spacial score (nSPS) is 14.2. The molecule has 2 aromatic rings. The highest BCUT2D eigenvalue weighted by Crippen LogP contribution is 2.34. The van der Waals surface area contributed by atoms with Crippen molar-refractivity contribution in [3.63, 3.8) is 0 Å². The molecular formula is C27H34N4O5. The van der Waals surface area contributed by atoms with E-state index in [2.05, 4.69) is 10.6 Å². The minimum atomic E-state index is -0.452. The monoisotopic (exact) mass is 494 g/mol. The van der Waals surface area contributed by atoms with Crippen molar-refractivity contribution in [2.24, 2.45) is 17.6 Å². The van der Waals surface area contributed by atoms with Crippen LogP contribution in [0, 0.1) is 24.2 Å². The fourth-order valence-corrected chi connectivity index (χ4v) is 4.58. The van der Waals surface area contributed by atoms with Crippen LogP contribution < -0.4 is 16.4 Å². The summed E-state index contributed by atoms with van der Waals surface area (Å²) in [5.74, 6) is -1.37. The summed E-state index contributed by atoms with van der Waals surface area (Å²) < 4.78 is 5.08. The standard InChI is InChI=1S/C27H34N4O5/c1-3-36-24(33)14-21(17-6-4-5-7-17)27(35)31-22-10-8-19(12-16(22)2)26(34)30-15-20-13-18(25(28)29)9-11-23(20)32/h8-13,17,21,32H,3-7,14-15H2,1-2H3,(H3,28,29)(H,30,34)(H,31,35). The molecule has 1 unspecified atom stereocenters. The van der Waals surface area contributed by atoms with E-state index in [0.29, 0.717) is 27.9 Å². The first-order valence-electron chi connectivity index (χ1n) is 12.2. The average Bonchev–Trinajstić information content (AvgIpc) is 3.37. The van der Waals surface area contributed by atoms with E-state index in [0.717, 1.165) is 25.7 Å². The number of amides is 2. The van der Waals surface area contributed by atoms with E-state index in [1.807, 2.05) is 0 Å². The van der Waals surface area contributed by atoms with Gasteiger partial charge in [0.05, 0.1) is 18.9 Å². The van der Waals surface area contributed by atoms with E-state index in [1.165, 1.54) is 12.1 Å². The maximum atomic E-state index is 13.1. The third-order valence-electron chi connectivity index (χ3n) is 6.57. The number of aromatic hydroxyl groups is 1. The Morgan fingerprint density at radius 2 is 1.83 bits per heavy atom. The van der Waals surface area contributed by atoms with Crippen molar-refractivity contribution in [2.45, 2.75) is 52.5 Å². The smallest absolute Gasteiger partial charge is 0.306 e. The Balaban J connectivity index is 1.66. The zero-order valence-electron chi connectivity index (χ0n) is 20.7. The van der Waals surface area contributed by atoms with E-state index in [4.69, 9.17) is 15.9 Å². The largest absolute Gasteiger partial charge is 0.508 e. The van der Waals surface area contributed by atoms with Gasteiger partial charge >= 0.3 is 5.97 Å². The molecule has 0 spiro atoms. The second kappa shape index (κ2) is 12.2. The number of nitrogen functional groups attached to an aromatic ring is 1. The Morgan fingerprint density at radius 3 is 2.47 bits per heavy atom. The van der Waals surface area contributed by atoms with E-state index < -0.39 is 5.92 Å². The average molecular weight is 495 g/mol. The molecule has 9 heteroatoms. The molecule has 0 heterocycles. The lowest BCUT2D eigenvalue weighted by atomic mass is 9.87. The van der Waals surface area contributed by atoms with Crippen LogP contribution in [0.3, 0.4) is 0 Å². The molecule has 1 fully saturated rings. The third kappa shape index (κ3) is 6.84. The molecule has 1 aliphatic carbocycles. The number of carbonyl (C=O) groups is 3. The Kier molecular flexibility index (Phi) is 9.05. The van der Waals surface area contributed by atoms with E-state index >= 15 is 0 Å². The lowest BCUT2D eigenvalue weighted by Crippen LogP contribution is -2.31. The van der Waals surface area contributed by atoms with Crippen LogP contribution in [-0.4, -0.2) is 35.3 Å². The van der Waals surface area contributed by atoms with Crippen molar-refractivity contribution in [3.8, 4) is 5.75 Å². The molecule has 2 aromatic carbocycles. The highest BCUT2D eigenvalue weighted by Gasteiger charge is 2.33. The lowest BCUT2D eigenvalue weighted by Gasteiger charge is -2.22. The molecule has 6 N–H and O–H groups in total. The van der Waals surface area contributed by atoms with Gasteiger partial charge in [0, 0.05) is 28.9 Å². The maximum Gasteiger partial charge on any atom is 0.306 e. The molecule has 0 aliphatic heterocycles. The van der Waals surface area contributed by atoms with Gasteiger partial charge in [0.15, 0.2) is 0 Å². The summed E-state index contributed by atoms with van der Waals surface area (Å²) in [5, 5.41) is 23.3. The van der Waals surface area contributed by atoms with Gasteiger partial charge in [0.25, 0.3) is 5.91 Å². The predicted molar refractivity (Wildman–Crippen MR) is 137 cm³/mol. The molecular weight excluding hydrogens is 460 g/mol. The van der Waals surface area contributed by atoms with Crippen molar-refractivity contribution in [1.82, 2.24) is 5.32 Å². The van der Waals surface area contributed by atoms with Crippen LogP contribution in [0.15, 0.2) is 36.4 Å². The summed E-state index contributed by atoms with van der Waals surface area (Å²) in [4.78, 5) is 37.9. The van der Waals surface area contributed by atoms with E-state index in [9.17, 15) is 19.5 Å². The van der Waals surface area contributed by atoms with Crippen molar-refractivity contribution in [1.29, 1.82) is 5.41 Å². The molecule has 2 amide bonds. The quantitative estimate of drug-likeness (QED) is 0.193. The molecule has 36 heavy (non-hydrogen) atoms. The van der Waals surface area contributed by atoms with Gasteiger partial charge in [-0.1, -0.05) is 12.8 Å². The number of phenols is 1. The first-order valence-corrected chi connectivity index (χ1v) is 12.2. The summed E-state index contributed by atoms with van der Waals surface area (Å²) in [6.45, 7) is 3.88. The maximum absolute atomic E-state index is 13.1. The number of ether oxygens (including phenoxy) is 1. The molecule has 0 bridgehead atoms. The van der Waals surface area contributed by atoms with Crippen molar-refractivity contribution >= 4 is 29.3 Å². The molecule has 0 radical (unpaired) electrons. The highest BCUT2D eigenvalue weighted by molar-refractivity contribution is 5.98. The molecule has 3 rings (SSSR count). The topological polar surface area (TPSA) is 155 Å². The number of esters is 1. The van der Waals surface area contributed by atoms with Crippen LogP contribution in [0.1, 0.15) is 66.1 Å². The zero-order valence-corrected chi connectivity index (χ0v) is 20.7. The number of rotatable bonds is 10. The van der Waals surface area contributed by atoms with Crippen LogP contribution in [0.2, 0.25) is 0 Å². The number of phenolic OH excluding ortho intramolecular Hbond substituents is 1. The molecule has 9 nitrogen and oxygen atoms in total. The summed E-state index contributed by atoms with van der Waals surface area (Å²) in [6, 6.07) is 9.47. The van der Waals surface area contributed by atoms with Gasteiger partial charge in [-0.2, -0.15) is 0 Å². The number of nitrogens with two attached hydrogens (primary N) is 1. The summed E-state index contributed by atoms with van der Waals surface area (Å²) in [6.07, 6.45) is 4.00. The van der Waals surface area contributed by atoms with Crippen LogP contribution in [0.5, 0.6) is 5.75 Å². The van der Waals surface area contributed by atoms with Crippen molar-refractivity contribution in [2.75, 3.05) is 11.9 Å². The molecule has 1 atom stereocenters. The fraction of sp³-hybridized carbons (Fsp3) is 0.407. The van der Waals surface area contributed by atoms with E-state index in [-0.39, 0.29) is 54.9 Å². The van der Waals surface area contributed by atoms with Gasteiger partial charge in [-0.15, -0.1) is 0 Å². The lowest BCUT2D eigenvalue weighted by molar-refractivity contribution is -0.146. The number of benzene rings is 2. The van der Waals surface area contributed by atoms with Gasteiger partial charge < -0.3 is 26.2 Å². The predicted octanol–water partition coefficient (Wildman–Crippen LogP) is 3.61. The fourth-order valence-electron chi connectivity index (χ4n) is 4.58. The Bertz CT molecular complexity index is 1140. The number of hydrogen-bond acceptors (Lipinski definition) is 6. The highest BCUT2D eigenvalue weighted by atomic mass is 16.5. The number of nitrogens with one attached hydrogen (secondary N) is 3. The molecule has 0 saturated heterocycles. The first kappa shape index (κ1) is 26.7. The van der Waals surface area contributed by atoms with Gasteiger partial charge in [0.1, 0.15) is 11.6 Å². The van der Waals surface area contributed by atoms with Crippen molar-refractivity contribution in [3.05, 3.63) is 58.7 Å². The number of anilines is 1. The minimum Gasteiger partial charge on any atom is -0.508 e. The third-order valence-corrected chi connectivity index (χ3v) is 6.57. The second-order valence-electron chi connectivity index (χ2n) is 9.12. The molecule has 1 aliphatic rings. The number of hydrogen-bond donors (Lipinski definition) is 5. The van der Waals surface area contributed by atoms with Crippen LogP contribution >= 0.6 is 0 Å². The van der Waals surface area contributed by atoms with E-state index in [1.54, 1.807) is 38.1 Å². The molecule has 192 valence electrons. The Labute approximate surface area is 210 Å². The van der Waals surface area contributed by atoms with Gasteiger partial charge in [-0.3, -0.25) is 19.8 Å². The number of amidine groups is 1. The zero-order chi connectivity index (χ0) is 26.2. The summed E-state index contributed by atoms with van der Waals surface area (Å²) in [5.41, 5.74) is 8.07. The van der Waals surface area contributed by atoms with Crippen LogP contribution in [-0.2, 0) is 20.9 Å². The first-order chi connectivity index (χ1) is 17.2.